The quantitative estimate of drug-likeness (QED) is 0.556. The number of aryl methyl sites for hydroxylation is 1. The van der Waals surface area contributed by atoms with Crippen LogP contribution in [0.1, 0.15) is 21.7 Å². The molecule has 1 aliphatic heterocycles. The topological polar surface area (TPSA) is 121 Å². The number of methoxy groups -OCH3 is 1. The van der Waals surface area contributed by atoms with Gasteiger partial charge in [-0.05, 0) is 42.8 Å². The van der Waals surface area contributed by atoms with E-state index in [4.69, 9.17) is 14.3 Å². The summed E-state index contributed by atoms with van der Waals surface area (Å²) in [5.41, 5.74) is 2.04. The largest absolute Gasteiger partial charge is 0.467 e. The van der Waals surface area contributed by atoms with E-state index < -0.39 is 11.9 Å². The van der Waals surface area contributed by atoms with Gasteiger partial charge in [-0.3, -0.25) is 9.59 Å². The van der Waals surface area contributed by atoms with E-state index in [1.54, 1.807) is 37.3 Å². The van der Waals surface area contributed by atoms with Crippen molar-refractivity contribution in [2.24, 2.45) is 0 Å². The minimum atomic E-state index is -0.613. The molecule has 2 heterocycles. The average molecular weight is 413 g/mol. The van der Waals surface area contributed by atoms with Crippen LogP contribution in [-0.2, 0) is 20.9 Å². The molecule has 0 saturated heterocycles. The number of hydrogen-bond donors (Lipinski definition) is 3. The number of nitrogens with one attached hydrogen (secondary N) is 2. The van der Waals surface area contributed by atoms with E-state index in [0.717, 1.165) is 0 Å². The van der Waals surface area contributed by atoms with E-state index in [1.807, 2.05) is 0 Å². The van der Waals surface area contributed by atoms with E-state index in [2.05, 4.69) is 10.6 Å². The fourth-order valence-corrected chi connectivity index (χ4v) is 3.11. The lowest BCUT2D eigenvalue weighted by atomic mass is 10.1. The molecule has 0 atom stereocenters. The Morgan fingerprint density at radius 3 is 2.73 bits per heavy atom. The fourth-order valence-electron chi connectivity index (χ4n) is 3.11. The molecule has 30 heavy (non-hydrogen) atoms. The van der Waals surface area contributed by atoms with Gasteiger partial charge in [0, 0.05) is 17.8 Å². The predicted molar refractivity (Wildman–Crippen MR) is 107 cm³/mol. The van der Waals surface area contributed by atoms with Gasteiger partial charge >= 0.3 is 5.97 Å². The molecule has 9 heteroatoms. The highest BCUT2D eigenvalue weighted by Gasteiger charge is 2.34. The highest BCUT2D eigenvalue weighted by Crippen LogP contribution is 2.25. The van der Waals surface area contributed by atoms with Gasteiger partial charge in [-0.25, -0.2) is 4.79 Å². The van der Waals surface area contributed by atoms with Crippen LogP contribution in [-0.4, -0.2) is 54.6 Å². The summed E-state index contributed by atoms with van der Waals surface area (Å²) in [5, 5.41) is 14.9. The minimum absolute atomic E-state index is 0.0563. The number of hydrogen-bond acceptors (Lipinski definition) is 7. The number of aliphatic hydroxyl groups excluding tert-OH is 1. The van der Waals surface area contributed by atoms with Crippen LogP contribution >= 0.6 is 0 Å². The number of carbonyl (C=O) groups is 3. The first-order chi connectivity index (χ1) is 14.4. The van der Waals surface area contributed by atoms with Gasteiger partial charge in [-0.2, -0.15) is 0 Å². The Hall–Kier alpha value is -3.59. The molecule has 2 amide bonds. The fraction of sp³-hybridized carbons (Fsp3) is 0.286. The molecule has 1 aromatic carbocycles. The van der Waals surface area contributed by atoms with Crippen LogP contribution < -0.4 is 10.6 Å². The lowest BCUT2D eigenvalue weighted by molar-refractivity contribution is -0.136. The lowest BCUT2D eigenvalue weighted by Gasteiger charge is -2.16. The molecule has 0 radical (unpaired) electrons. The van der Waals surface area contributed by atoms with E-state index in [1.165, 1.54) is 18.3 Å². The zero-order chi connectivity index (χ0) is 21.7. The van der Waals surface area contributed by atoms with E-state index >= 15 is 0 Å². The number of nitrogens with zero attached hydrogens (tertiary/aromatic N) is 1. The summed E-state index contributed by atoms with van der Waals surface area (Å²) in [6.07, 6.45) is 1.54. The van der Waals surface area contributed by atoms with Crippen LogP contribution in [0.4, 0.5) is 5.69 Å². The Balaban J connectivity index is 1.76. The molecule has 0 bridgehead atoms. The zero-order valence-electron chi connectivity index (χ0n) is 16.7. The second kappa shape index (κ2) is 9.27. The van der Waals surface area contributed by atoms with Gasteiger partial charge in [0.05, 0.1) is 38.6 Å². The molecule has 0 spiro atoms. The third-order valence-corrected chi connectivity index (χ3v) is 4.71. The molecule has 9 nitrogen and oxygen atoms in total. The molecule has 158 valence electrons. The maximum Gasteiger partial charge on any atom is 0.337 e. The number of carbonyl (C=O) groups excluding carboxylic acids is 3. The number of anilines is 1. The standard InChI is InChI=1S/C21H23N3O6/c1-13-10-14(19(26)22-11-15-4-3-9-30-15)5-6-17(13)23-18-16(21(28)29-2)12-24(7-8-25)20(18)27/h3-6,9-10,23,25H,7-8,11-12H2,1-2H3,(H,22,26). The first-order valence-corrected chi connectivity index (χ1v) is 9.34. The van der Waals surface area contributed by atoms with Crippen LogP contribution in [0.15, 0.2) is 52.3 Å². The molecular weight excluding hydrogens is 390 g/mol. The van der Waals surface area contributed by atoms with E-state index in [-0.39, 0.29) is 43.4 Å². The van der Waals surface area contributed by atoms with Crippen molar-refractivity contribution < 1.29 is 28.6 Å². The Labute approximate surface area is 173 Å². The van der Waals surface area contributed by atoms with Crippen molar-refractivity contribution in [3.05, 3.63) is 64.8 Å². The molecule has 0 unspecified atom stereocenters. The third-order valence-electron chi connectivity index (χ3n) is 4.71. The normalized spacial score (nSPS) is 13.6. The molecule has 1 aliphatic rings. The van der Waals surface area contributed by atoms with Gasteiger partial charge in [0.1, 0.15) is 11.5 Å². The second-order valence-electron chi connectivity index (χ2n) is 6.71. The number of aliphatic hydroxyl groups is 1. The molecule has 2 aromatic rings. The predicted octanol–water partition coefficient (Wildman–Crippen LogP) is 1.19. The number of esters is 1. The smallest absolute Gasteiger partial charge is 0.337 e. The SMILES string of the molecule is COC(=O)C1=C(Nc2ccc(C(=O)NCc3ccco3)cc2C)C(=O)N(CCO)C1. The van der Waals surface area contributed by atoms with Crippen molar-refractivity contribution in [3.8, 4) is 0 Å². The molecule has 0 fully saturated rings. The van der Waals surface area contributed by atoms with Crippen molar-refractivity contribution in [3.63, 3.8) is 0 Å². The first-order valence-electron chi connectivity index (χ1n) is 9.34. The summed E-state index contributed by atoms with van der Waals surface area (Å²) in [6.45, 7) is 2.01. The maximum absolute atomic E-state index is 12.6. The van der Waals surface area contributed by atoms with E-state index in [9.17, 15) is 14.4 Å². The van der Waals surface area contributed by atoms with Crippen molar-refractivity contribution in [2.45, 2.75) is 13.5 Å². The van der Waals surface area contributed by atoms with E-state index in [0.29, 0.717) is 22.6 Å². The van der Waals surface area contributed by atoms with Gasteiger partial charge in [-0.15, -0.1) is 0 Å². The zero-order valence-corrected chi connectivity index (χ0v) is 16.7. The van der Waals surface area contributed by atoms with Gasteiger partial charge in [0.2, 0.25) is 0 Å². The van der Waals surface area contributed by atoms with Crippen molar-refractivity contribution in [2.75, 3.05) is 32.1 Å². The summed E-state index contributed by atoms with van der Waals surface area (Å²) >= 11 is 0. The Morgan fingerprint density at radius 2 is 2.10 bits per heavy atom. The van der Waals surface area contributed by atoms with Crippen molar-refractivity contribution in [1.29, 1.82) is 0 Å². The summed E-state index contributed by atoms with van der Waals surface area (Å²) < 4.78 is 9.97. The Kier molecular flexibility index (Phi) is 6.53. The lowest BCUT2D eigenvalue weighted by Crippen LogP contribution is -2.31. The third kappa shape index (κ3) is 4.52. The second-order valence-corrected chi connectivity index (χ2v) is 6.71. The summed E-state index contributed by atoms with van der Waals surface area (Å²) in [5.74, 6) is -0.628. The maximum atomic E-state index is 12.6. The first kappa shape index (κ1) is 21.1. The molecule has 3 N–H and O–H groups in total. The van der Waals surface area contributed by atoms with Crippen LogP contribution in [0.25, 0.3) is 0 Å². The minimum Gasteiger partial charge on any atom is -0.467 e. The summed E-state index contributed by atoms with van der Waals surface area (Å²) in [7, 11) is 1.24. The highest BCUT2D eigenvalue weighted by atomic mass is 16.5. The van der Waals surface area contributed by atoms with Gasteiger partial charge < -0.3 is 29.8 Å². The monoisotopic (exact) mass is 413 g/mol. The number of furan rings is 1. The highest BCUT2D eigenvalue weighted by molar-refractivity contribution is 6.08. The van der Waals surface area contributed by atoms with Gasteiger partial charge in [0.15, 0.2) is 0 Å². The van der Waals surface area contributed by atoms with Crippen molar-refractivity contribution >= 4 is 23.5 Å². The van der Waals surface area contributed by atoms with Crippen LogP contribution in [0.2, 0.25) is 0 Å². The van der Waals surface area contributed by atoms with Crippen LogP contribution in [0, 0.1) is 6.92 Å². The Bertz CT molecular complexity index is 981. The number of benzene rings is 1. The Morgan fingerprint density at radius 1 is 1.30 bits per heavy atom. The number of β-amino-alcohol motifs (C(OH)–C–C–N with tert-alkyl or cyclic N) is 1. The van der Waals surface area contributed by atoms with Crippen LogP contribution in [0.5, 0.6) is 0 Å². The number of rotatable bonds is 8. The molecular formula is C21H23N3O6. The van der Waals surface area contributed by atoms with Crippen molar-refractivity contribution in [1.82, 2.24) is 10.2 Å². The molecule has 1 aromatic heterocycles. The summed E-state index contributed by atoms with van der Waals surface area (Å²) in [6, 6.07) is 8.49. The average Bonchev–Trinajstić information content (AvgIpc) is 3.36. The molecule has 0 aliphatic carbocycles. The molecule has 3 rings (SSSR count). The number of amides is 2. The van der Waals surface area contributed by atoms with Gasteiger partial charge in [-0.1, -0.05) is 0 Å². The van der Waals surface area contributed by atoms with Gasteiger partial charge in [0.25, 0.3) is 11.8 Å². The summed E-state index contributed by atoms with van der Waals surface area (Å²) in [4.78, 5) is 38.4. The molecule has 0 saturated carbocycles. The number of ether oxygens (including phenoxy) is 1. The van der Waals surface area contributed by atoms with Crippen LogP contribution in [0.3, 0.4) is 0 Å².